The Hall–Kier alpha value is -1.88. The van der Waals surface area contributed by atoms with Gasteiger partial charge in [-0.05, 0) is 54.4 Å². The van der Waals surface area contributed by atoms with Gasteiger partial charge in [-0.2, -0.15) is 0 Å². The fraction of sp³-hybridized carbons (Fsp3) is 0.235. The molecule has 0 fully saturated rings. The van der Waals surface area contributed by atoms with Crippen molar-refractivity contribution in [3.63, 3.8) is 0 Å². The standard InChI is InChI=1S/C17H15BrFNO2/c18-13-1-6-16-12(11-13)7-9-20(16)17(21)8-10-22-15-4-2-14(19)3-5-15/h1-6,11H,7-10H2. The normalized spacial score (nSPS) is 13.1. The number of carbonyl (C=O) groups is 1. The molecular formula is C17H15BrFNO2. The first-order valence-electron chi connectivity index (χ1n) is 7.10. The average Bonchev–Trinajstić information content (AvgIpc) is 2.92. The number of benzene rings is 2. The fourth-order valence-corrected chi connectivity index (χ4v) is 2.96. The van der Waals surface area contributed by atoms with Crippen molar-refractivity contribution in [3.8, 4) is 5.75 Å². The number of carbonyl (C=O) groups excluding carboxylic acids is 1. The number of anilines is 1. The molecule has 0 aromatic heterocycles. The van der Waals surface area contributed by atoms with Crippen LogP contribution in [0, 0.1) is 5.82 Å². The van der Waals surface area contributed by atoms with Gasteiger partial charge in [0.15, 0.2) is 0 Å². The molecule has 1 heterocycles. The number of amides is 1. The zero-order chi connectivity index (χ0) is 15.5. The lowest BCUT2D eigenvalue weighted by Gasteiger charge is -2.17. The van der Waals surface area contributed by atoms with Crippen molar-refractivity contribution < 1.29 is 13.9 Å². The maximum absolute atomic E-state index is 12.8. The topological polar surface area (TPSA) is 29.5 Å². The molecule has 1 amide bonds. The van der Waals surface area contributed by atoms with E-state index in [-0.39, 0.29) is 18.3 Å². The van der Waals surface area contributed by atoms with E-state index in [1.165, 1.54) is 17.7 Å². The van der Waals surface area contributed by atoms with Crippen molar-refractivity contribution in [1.29, 1.82) is 0 Å². The summed E-state index contributed by atoms with van der Waals surface area (Å²) in [5.74, 6) is 0.311. The molecule has 0 bridgehead atoms. The van der Waals surface area contributed by atoms with Crippen molar-refractivity contribution in [3.05, 3.63) is 58.3 Å². The van der Waals surface area contributed by atoms with Crippen molar-refractivity contribution >= 4 is 27.5 Å². The molecule has 0 saturated heterocycles. The Balaban J connectivity index is 1.56. The molecule has 3 nitrogen and oxygen atoms in total. The molecule has 0 spiro atoms. The third kappa shape index (κ3) is 3.30. The Morgan fingerprint density at radius 2 is 2.00 bits per heavy atom. The molecule has 5 heteroatoms. The second-order valence-electron chi connectivity index (χ2n) is 5.12. The van der Waals surface area contributed by atoms with Crippen molar-refractivity contribution in [2.75, 3.05) is 18.1 Å². The van der Waals surface area contributed by atoms with Gasteiger partial charge in [-0.25, -0.2) is 4.39 Å². The molecule has 0 saturated carbocycles. The van der Waals surface area contributed by atoms with Crippen LogP contribution in [0.3, 0.4) is 0 Å². The molecule has 0 aliphatic carbocycles. The van der Waals surface area contributed by atoms with E-state index in [9.17, 15) is 9.18 Å². The van der Waals surface area contributed by atoms with E-state index >= 15 is 0 Å². The van der Waals surface area contributed by atoms with Crippen LogP contribution in [0.1, 0.15) is 12.0 Å². The van der Waals surface area contributed by atoms with Crippen molar-refractivity contribution in [1.82, 2.24) is 0 Å². The lowest BCUT2D eigenvalue weighted by molar-refractivity contribution is -0.119. The lowest BCUT2D eigenvalue weighted by atomic mass is 10.2. The van der Waals surface area contributed by atoms with Gasteiger partial charge >= 0.3 is 0 Å². The van der Waals surface area contributed by atoms with Crippen LogP contribution in [-0.4, -0.2) is 19.1 Å². The molecule has 1 aliphatic rings. The fourth-order valence-electron chi connectivity index (χ4n) is 2.55. The highest BCUT2D eigenvalue weighted by atomic mass is 79.9. The molecule has 3 rings (SSSR count). The largest absolute Gasteiger partial charge is 0.493 e. The van der Waals surface area contributed by atoms with Gasteiger partial charge in [0.25, 0.3) is 0 Å². The number of ether oxygens (including phenoxy) is 1. The lowest BCUT2D eigenvalue weighted by Crippen LogP contribution is -2.30. The summed E-state index contributed by atoms with van der Waals surface area (Å²) in [7, 11) is 0. The predicted molar refractivity (Wildman–Crippen MR) is 86.7 cm³/mol. The Bertz CT molecular complexity index is 688. The van der Waals surface area contributed by atoms with Gasteiger partial charge in [0.05, 0.1) is 13.0 Å². The molecule has 0 radical (unpaired) electrons. The Morgan fingerprint density at radius 3 is 2.77 bits per heavy atom. The molecule has 114 valence electrons. The van der Waals surface area contributed by atoms with Crippen molar-refractivity contribution in [2.24, 2.45) is 0 Å². The van der Waals surface area contributed by atoms with E-state index < -0.39 is 0 Å². The minimum Gasteiger partial charge on any atom is -0.493 e. The van der Waals surface area contributed by atoms with E-state index in [1.807, 2.05) is 12.1 Å². The Kier molecular flexibility index (Phi) is 4.43. The van der Waals surface area contributed by atoms with E-state index in [2.05, 4.69) is 22.0 Å². The van der Waals surface area contributed by atoms with Crippen LogP contribution in [0.15, 0.2) is 46.9 Å². The van der Waals surface area contributed by atoms with Crippen LogP contribution < -0.4 is 9.64 Å². The highest BCUT2D eigenvalue weighted by Gasteiger charge is 2.24. The molecule has 1 aliphatic heterocycles. The quantitative estimate of drug-likeness (QED) is 0.822. The molecular weight excluding hydrogens is 349 g/mol. The summed E-state index contributed by atoms with van der Waals surface area (Å²) < 4.78 is 19.3. The highest BCUT2D eigenvalue weighted by molar-refractivity contribution is 9.10. The summed E-state index contributed by atoms with van der Waals surface area (Å²) >= 11 is 3.44. The maximum atomic E-state index is 12.8. The third-order valence-corrected chi connectivity index (χ3v) is 4.13. The van der Waals surface area contributed by atoms with E-state index in [0.29, 0.717) is 18.7 Å². The van der Waals surface area contributed by atoms with Gasteiger partial charge in [0.1, 0.15) is 11.6 Å². The predicted octanol–water partition coefficient (Wildman–Crippen LogP) is 3.95. The first-order chi connectivity index (χ1) is 10.6. The number of hydrogen-bond acceptors (Lipinski definition) is 2. The molecule has 0 unspecified atom stereocenters. The number of hydrogen-bond donors (Lipinski definition) is 0. The Morgan fingerprint density at radius 1 is 1.23 bits per heavy atom. The second kappa shape index (κ2) is 6.48. The van der Waals surface area contributed by atoms with Crippen LogP contribution in [0.5, 0.6) is 5.75 Å². The second-order valence-corrected chi connectivity index (χ2v) is 6.04. The minimum atomic E-state index is -0.303. The van der Waals surface area contributed by atoms with Crippen LogP contribution in [0.4, 0.5) is 10.1 Å². The van der Waals surface area contributed by atoms with Gasteiger partial charge in [-0.15, -0.1) is 0 Å². The SMILES string of the molecule is O=C(CCOc1ccc(F)cc1)N1CCc2cc(Br)ccc21. The van der Waals surface area contributed by atoms with Gasteiger partial charge < -0.3 is 9.64 Å². The summed E-state index contributed by atoms with van der Waals surface area (Å²) in [4.78, 5) is 14.1. The Labute approximate surface area is 136 Å². The zero-order valence-corrected chi connectivity index (χ0v) is 13.5. The van der Waals surface area contributed by atoms with Gasteiger partial charge in [0, 0.05) is 16.7 Å². The summed E-state index contributed by atoms with van der Waals surface area (Å²) in [5.41, 5.74) is 2.16. The summed E-state index contributed by atoms with van der Waals surface area (Å²) in [6, 6.07) is 11.8. The van der Waals surface area contributed by atoms with Crippen LogP contribution in [0.25, 0.3) is 0 Å². The van der Waals surface area contributed by atoms with Crippen LogP contribution in [-0.2, 0) is 11.2 Å². The van der Waals surface area contributed by atoms with Gasteiger partial charge in [0.2, 0.25) is 5.91 Å². The number of rotatable bonds is 4. The van der Waals surface area contributed by atoms with E-state index in [1.54, 1.807) is 17.0 Å². The van der Waals surface area contributed by atoms with E-state index in [0.717, 1.165) is 16.6 Å². The van der Waals surface area contributed by atoms with E-state index in [4.69, 9.17) is 4.74 Å². The maximum Gasteiger partial charge on any atom is 0.230 e. The van der Waals surface area contributed by atoms with Crippen molar-refractivity contribution in [2.45, 2.75) is 12.8 Å². The summed E-state index contributed by atoms with van der Waals surface area (Å²) in [6.45, 7) is 0.994. The first kappa shape index (κ1) is 15.0. The number of halogens is 2. The number of nitrogens with zero attached hydrogens (tertiary/aromatic N) is 1. The third-order valence-electron chi connectivity index (χ3n) is 3.64. The minimum absolute atomic E-state index is 0.0446. The summed E-state index contributed by atoms with van der Waals surface area (Å²) in [5, 5.41) is 0. The molecule has 0 atom stereocenters. The average molecular weight is 364 g/mol. The van der Waals surface area contributed by atoms with Gasteiger partial charge in [-0.1, -0.05) is 15.9 Å². The summed E-state index contributed by atoms with van der Waals surface area (Å²) in [6.07, 6.45) is 1.17. The molecule has 2 aromatic carbocycles. The van der Waals surface area contributed by atoms with Crippen LogP contribution >= 0.6 is 15.9 Å². The molecule has 0 N–H and O–H groups in total. The zero-order valence-electron chi connectivity index (χ0n) is 11.9. The monoisotopic (exact) mass is 363 g/mol. The molecule has 2 aromatic rings. The highest BCUT2D eigenvalue weighted by Crippen LogP contribution is 2.30. The van der Waals surface area contributed by atoms with Gasteiger partial charge in [-0.3, -0.25) is 4.79 Å². The smallest absolute Gasteiger partial charge is 0.230 e. The molecule has 22 heavy (non-hydrogen) atoms. The number of fused-ring (bicyclic) bond motifs is 1. The first-order valence-corrected chi connectivity index (χ1v) is 7.90. The van der Waals surface area contributed by atoms with Crippen LogP contribution in [0.2, 0.25) is 0 Å².